The zero-order valence-electron chi connectivity index (χ0n) is 16.4. The van der Waals surface area contributed by atoms with E-state index in [4.69, 9.17) is 14.6 Å². The van der Waals surface area contributed by atoms with Crippen molar-refractivity contribution in [1.29, 1.82) is 0 Å². The number of hydrogen-bond donors (Lipinski definition) is 2. The van der Waals surface area contributed by atoms with Gasteiger partial charge in [0, 0.05) is 12.8 Å². The van der Waals surface area contributed by atoms with Gasteiger partial charge in [-0.3, -0.25) is 0 Å². The molecule has 1 heterocycles. The predicted octanol–water partition coefficient (Wildman–Crippen LogP) is 4.17. The first-order valence-corrected chi connectivity index (χ1v) is 10.1. The van der Waals surface area contributed by atoms with Gasteiger partial charge in [-0.05, 0) is 33.1 Å². The van der Waals surface area contributed by atoms with Gasteiger partial charge in [-0.1, -0.05) is 45.4 Å². The molecule has 0 unspecified atom stereocenters. The Hall–Kier alpha value is -0.600. The van der Waals surface area contributed by atoms with Gasteiger partial charge in [0.15, 0.2) is 5.79 Å². The van der Waals surface area contributed by atoms with Crippen molar-refractivity contribution >= 4 is 0 Å². The molecule has 25 heavy (non-hydrogen) atoms. The van der Waals surface area contributed by atoms with Gasteiger partial charge in [0.05, 0.1) is 12.7 Å². The van der Waals surface area contributed by atoms with Crippen LogP contribution in [0.4, 0.5) is 0 Å². The summed E-state index contributed by atoms with van der Waals surface area (Å²) in [6.45, 7) is 5.64. The minimum absolute atomic E-state index is 0.139. The molecule has 0 spiro atoms. The molecule has 1 saturated heterocycles. The summed E-state index contributed by atoms with van der Waals surface area (Å²) < 4.78 is 11.6. The lowest BCUT2D eigenvalue weighted by Gasteiger charge is -2.20. The molecular formula is C21H38O4. The molecule has 2 N–H and O–H groups in total. The number of rotatable bonds is 12. The fraction of sp³-hybridized carbons (Fsp3) is 0.905. The fourth-order valence-electron chi connectivity index (χ4n) is 3.25. The summed E-state index contributed by atoms with van der Waals surface area (Å²) in [7, 11) is 0. The van der Waals surface area contributed by atoms with Crippen LogP contribution >= 0.6 is 0 Å². The first-order valence-electron chi connectivity index (χ1n) is 10.1. The van der Waals surface area contributed by atoms with Crippen LogP contribution in [0.15, 0.2) is 0 Å². The lowest BCUT2D eigenvalue weighted by molar-refractivity contribution is -0.157. The zero-order chi connectivity index (χ0) is 18.5. The minimum atomic E-state index is -0.876. The van der Waals surface area contributed by atoms with Crippen LogP contribution in [0.2, 0.25) is 0 Å². The van der Waals surface area contributed by atoms with Crippen molar-refractivity contribution in [1.82, 2.24) is 0 Å². The van der Waals surface area contributed by atoms with E-state index in [1.165, 1.54) is 32.1 Å². The zero-order valence-corrected chi connectivity index (χ0v) is 16.4. The molecule has 1 fully saturated rings. The third-order valence-corrected chi connectivity index (χ3v) is 4.61. The van der Waals surface area contributed by atoms with Crippen LogP contribution in [-0.2, 0) is 9.47 Å². The van der Waals surface area contributed by atoms with Gasteiger partial charge in [0.1, 0.15) is 12.2 Å². The van der Waals surface area contributed by atoms with Crippen LogP contribution in [0.3, 0.4) is 0 Å². The normalized spacial score (nSPS) is 23.2. The minimum Gasteiger partial charge on any atom is -0.394 e. The van der Waals surface area contributed by atoms with Gasteiger partial charge in [0.25, 0.3) is 0 Å². The average molecular weight is 355 g/mol. The van der Waals surface area contributed by atoms with Crippen LogP contribution in [0.5, 0.6) is 0 Å². The van der Waals surface area contributed by atoms with Gasteiger partial charge in [-0.15, -0.1) is 11.8 Å². The molecule has 0 amide bonds. The van der Waals surface area contributed by atoms with Crippen molar-refractivity contribution < 1.29 is 19.7 Å². The first-order chi connectivity index (χ1) is 12.0. The smallest absolute Gasteiger partial charge is 0.163 e. The Morgan fingerprint density at radius 1 is 0.920 bits per heavy atom. The Balaban J connectivity index is 2.08. The number of aliphatic hydroxyl groups excluding tert-OH is 2. The molecular weight excluding hydrogens is 316 g/mol. The molecule has 0 aromatic rings. The van der Waals surface area contributed by atoms with Gasteiger partial charge < -0.3 is 19.7 Å². The van der Waals surface area contributed by atoms with Gasteiger partial charge in [-0.2, -0.15) is 0 Å². The SMILES string of the molecule is CCCCCCC#CCCCCCC[C@@H]1OC(C)(C)O[C@H]1[C@@H](O)CO. The van der Waals surface area contributed by atoms with Crippen LogP contribution in [0, 0.1) is 11.8 Å². The van der Waals surface area contributed by atoms with E-state index in [9.17, 15) is 5.11 Å². The van der Waals surface area contributed by atoms with Gasteiger partial charge in [0.2, 0.25) is 0 Å². The molecule has 0 aromatic carbocycles. The Labute approximate surface area is 154 Å². The highest BCUT2D eigenvalue weighted by Crippen LogP contribution is 2.32. The highest BCUT2D eigenvalue weighted by Gasteiger charge is 2.43. The quantitative estimate of drug-likeness (QED) is 0.408. The van der Waals surface area contributed by atoms with Crippen LogP contribution in [-0.4, -0.2) is 40.9 Å². The maximum Gasteiger partial charge on any atom is 0.163 e. The highest BCUT2D eigenvalue weighted by atomic mass is 16.8. The monoisotopic (exact) mass is 354 g/mol. The van der Waals surface area contributed by atoms with Gasteiger partial charge >= 0.3 is 0 Å². The van der Waals surface area contributed by atoms with E-state index in [2.05, 4.69) is 18.8 Å². The molecule has 3 atom stereocenters. The molecule has 4 heteroatoms. The van der Waals surface area contributed by atoms with Crippen molar-refractivity contribution in [3.05, 3.63) is 0 Å². The van der Waals surface area contributed by atoms with E-state index >= 15 is 0 Å². The fourth-order valence-corrected chi connectivity index (χ4v) is 3.25. The Morgan fingerprint density at radius 2 is 1.52 bits per heavy atom. The number of unbranched alkanes of at least 4 members (excludes halogenated alkanes) is 8. The highest BCUT2D eigenvalue weighted by molar-refractivity contribution is 4.98. The average Bonchev–Trinajstić information content (AvgIpc) is 2.90. The van der Waals surface area contributed by atoms with E-state index in [0.29, 0.717) is 0 Å². The van der Waals surface area contributed by atoms with Crippen molar-refractivity contribution in [2.75, 3.05) is 6.61 Å². The third kappa shape index (κ3) is 9.61. The number of ether oxygens (including phenoxy) is 2. The van der Waals surface area contributed by atoms with E-state index in [0.717, 1.165) is 38.5 Å². The molecule has 0 radical (unpaired) electrons. The molecule has 1 aliphatic heterocycles. The van der Waals surface area contributed by atoms with Crippen LogP contribution in [0.25, 0.3) is 0 Å². The summed E-state index contributed by atoms with van der Waals surface area (Å²) in [4.78, 5) is 0. The van der Waals surface area contributed by atoms with Crippen molar-refractivity contribution in [2.45, 2.75) is 115 Å². The Bertz CT molecular complexity index is 396. The van der Waals surface area contributed by atoms with Crippen LogP contribution < -0.4 is 0 Å². The molecule has 0 aromatic heterocycles. The Morgan fingerprint density at radius 3 is 2.12 bits per heavy atom. The second-order valence-electron chi connectivity index (χ2n) is 7.51. The maximum absolute atomic E-state index is 9.88. The summed E-state index contributed by atoms with van der Waals surface area (Å²) in [5.74, 6) is 5.87. The summed E-state index contributed by atoms with van der Waals surface area (Å²) >= 11 is 0. The van der Waals surface area contributed by atoms with Crippen molar-refractivity contribution in [3.8, 4) is 11.8 Å². The molecule has 0 bridgehead atoms. The molecule has 1 aliphatic rings. The molecule has 1 rings (SSSR count). The third-order valence-electron chi connectivity index (χ3n) is 4.61. The lowest BCUT2D eigenvalue weighted by atomic mass is 10.0. The van der Waals surface area contributed by atoms with E-state index < -0.39 is 18.0 Å². The second kappa shape index (κ2) is 12.7. The first kappa shape index (κ1) is 22.4. The molecule has 146 valence electrons. The topological polar surface area (TPSA) is 58.9 Å². The summed E-state index contributed by atoms with van der Waals surface area (Å²) in [5, 5.41) is 19.0. The number of aliphatic hydroxyl groups is 2. The maximum atomic E-state index is 9.88. The largest absolute Gasteiger partial charge is 0.394 e. The Kier molecular flexibility index (Phi) is 11.4. The van der Waals surface area contributed by atoms with Crippen LogP contribution in [0.1, 0.15) is 91.4 Å². The van der Waals surface area contributed by atoms with E-state index in [-0.39, 0.29) is 12.7 Å². The van der Waals surface area contributed by atoms with E-state index in [1.807, 2.05) is 13.8 Å². The van der Waals surface area contributed by atoms with Gasteiger partial charge in [-0.25, -0.2) is 0 Å². The summed E-state index contributed by atoms with van der Waals surface area (Å²) in [5.41, 5.74) is 0. The predicted molar refractivity (Wildman–Crippen MR) is 101 cm³/mol. The molecule has 0 aliphatic carbocycles. The summed E-state index contributed by atoms with van der Waals surface area (Å²) in [6.07, 6.45) is 11.1. The lowest BCUT2D eigenvalue weighted by Crippen LogP contribution is -2.37. The summed E-state index contributed by atoms with van der Waals surface area (Å²) in [6, 6.07) is 0. The molecule has 0 saturated carbocycles. The second-order valence-corrected chi connectivity index (χ2v) is 7.51. The van der Waals surface area contributed by atoms with E-state index in [1.54, 1.807) is 0 Å². The standard InChI is InChI=1S/C21H38O4/c1-4-5-6-7-8-9-10-11-12-13-14-15-16-19-20(18(23)17-22)25-21(2,3)24-19/h18-20,22-23H,4-8,11-17H2,1-3H3/t18-,19-,20-/m0/s1. The van der Waals surface area contributed by atoms with Crippen molar-refractivity contribution in [3.63, 3.8) is 0 Å². The van der Waals surface area contributed by atoms with Crippen molar-refractivity contribution in [2.24, 2.45) is 0 Å². The number of hydrogen-bond acceptors (Lipinski definition) is 4. The molecule has 4 nitrogen and oxygen atoms in total.